The van der Waals surface area contributed by atoms with E-state index in [0.717, 1.165) is 11.0 Å². The average Bonchev–Trinajstić information content (AvgIpc) is 2.81. The lowest BCUT2D eigenvalue weighted by Gasteiger charge is -2.01. The molecular formula is C13H9N3O3. The minimum absolute atomic E-state index is 0.137. The predicted molar refractivity (Wildman–Crippen MR) is 67.9 cm³/mol. The number of fused-ring (bicyclic) bond motifs is 1. The number of carbonyl (C=O) groups is 1. The van der Waals surface area contributed by atoms with E-state index in [2.05, 4.69) is 15.0 Å². The lowest BCUT2D eigenvalue weighted by molar-refractivity contribution is 0.0694. The Labute approximate surface area is 107 Å². The van der Waals surface area contributed by atoms with Gasteiger partial charge in [0.1, 0.15) is 17.1 Å². The monoisotopic (exact) mass is 255 g/mol. The molecule has 0 amide bonds. The van der Waals surface area contributed by atoms with E-state index >= 15 is 0 Å². The molecule has 2 heterocycles. The number of aromatic hydroxyl groups is 1. The molecule has 0 fully saturated rings. The van der Waals surface area contributed by atoms with E-state index in [9.17, 15) is 9.90 Å². The number of hydrogen-bond acceptors (Lipinski definition) is 4. The van der Waals surface area contributed by atoms with Crippen LogP contribution < -0.4 is 0 Å². The Hall–Kier alpha value is -2.89. The van der Waals surface area contributed by atoms with Crippen molar-refractivity contribution in [2.24, 2.45) is 0 Å². The Bertz CT molecular complexity index is 747. The van der Waals surface area contributed by atoms with Crippen molar-refractivity contribution in [2.75, 3.05) is 0 Å². The summed E-state index contributed by atoms with van der Waals surface area (Å²) in [5, 5.41) is 18.5. The summed E-state index contributed by atoms with van der Waals surface area (Å²) in [5.74, 6) is -0.906. The van der Waals surface area contributed by atoms with Crippen LogP contribution in [-0.4, -0.2) is 31.1 Å². The third kappa shape index (κ3) is 1.89. The molecule has 3 aromatic rings. The summed E-state index contributed by atoms with van der Waals surface area (Å²) in [6.07, 6.45) is 3.29. The summed E-state index contributed by atoms with van der Waals surface area (Å²) < 4.78 is 0. The van der Waals surface area contributed by atoms with Crippen molar-refractivity contribution in [2.45, 2.75) is 0 Å². The van der Waals surface area contributed by atoms with Crippen molar-refractivity contribution in [3.8, 4) is 17.1 Å². The largest absolute Gasteiger partial charge is 0.507 e. The summed E-state index contributed by atoms with van der Waals surface area (Å²) in [4.78, 5) is 22.2. The quantitative estimate of drug-likeness (QED) is 0.650. The number of imidazole rings is 1. The summed E-state index contributed by atoms with van der Waals surface area (Å²) in [6.45, 7) is 0. The van der Waals surface area contributed by atoms with Crippen LogP contribution in [0.4, 0.5) is 0 Å². The summed E-state index contributed by atoms with van der Waals surface area (Å²) in [6, 6.07) is 6.07. The number of carboxylic acids is 1. The zero-order chi connectivity index (χ0) is 13.4. The molecule has 0 unspecified atom stereocenters. The van der Waals surface area contributed by atoms with Gasteiger partial charge in [0.15, 0.2) is 0 Å². The number of rotatable bonds is 2. The number of carboxylic acid groups (broad SMARTS) is 1. The van der Waals surface area contributed by atoms with Gasteiger partial charge in [0.25, 0.3) is 0 Å². The van der Waals surface area contributed by atoms with Crippen molar-refractivity contribution in [1.82, 2.24) is 15.0 Å². The Balaban J connectivity index is 2.11. The second-order valence-corrected chi connectivity index (χ2v) is 4.02. The maximum absolute atomic E-state index is 10.8. The van der Waals surface area contributed by atoms with E-state index in [1.807, 2.05) is 0 Å². The number of aromatic nitrogens is 3. The Morgan fingerprint density at radius 3 is 2.79 bits per heavy atom. The van der Waals surface area contributed by atoms with Gasteiger partial charge in [0.2, 0.25) is 0 Å². The van der Waals surface area contributed by atoms with Crippen LogP contribution in [0.1, 0.15) is 10.4 Å². The van der Waals surface area contributed by atoms with E-state index in [1.165, 1.54) is 12.1 Å². The van der Waals surface area contributed by atoms with Gasteiger partial charge in [0, 0.05) is 11.8 Å². The standard InChI is InChI=1S/C13H9N3O3/c17-11-5-7(1-2-8(11)13(18)19)12-15-9-3-4-14-6-10(9)16-12/h1-6,17H,(H,15,16)(H,18,19). The molecule has 19 heavy (non-hydrogen) atoms. The maximum atomic E-state index is 10.8. The van der Waals surface area contributed by atoms with Crippen molar-refractivity contribution in [3.05, 3.63) is 42.2 Å². The molecule has 3 rings (SSSR count). The number of pyridine rings is 1. The van der Waals surface area contributed by atoms with E-state index in [-0.39, 0.29) is 11.3 Å². The van der Waals surface area contributed by atoms with Gasteiger partial charge >= 0.3 is 5.97 Å². The predicted octanol–water partition coefficient (Wildman–Crippen LogP) is 2.03. The first-order chi connectivity index (χ1) is 9.15. The van der Waals surface area contributed by atoms with Crippen molar-refractivity contribution in [3.63, 3.8) is 0 Å². The maximum Gasteiger partial charge on any atom is 0.339 e. The second-order valence-electron chi connectivity index (χ2n) is 4.02. The van der Waals surface area contributed by atoms with Crippen LogP contribution in [-0.2, 0) is 0 Å². The highest BCUT2D eigenvalue weighted by Gasteiger charge is 2.12. The molecule has 0 aliphatic carbocycles. The highest BCUT2D eigenvalue weighted by atomic mass is 16.4. The summed E-state index contributed by atoms with van der Waals surface area (Å²) >= 11 is 0. The van der Waals surface area contributed by atoms with E-state index in [1.54, 1.807) is 24.5 Å². The molecule has 6 heteroatoms. The van der Waals surface area contributed by atoms with E-state index in [0.29, 0.717) is 11.4 Å². The zero-order valence-corrected chi connectivity index (χ0v) is 9.66. The van der Waals surface area contributed by atoms with Crippen LogP contribution in [0.2, 0.25) is 0 Å². The van der Waals surface area contributed by atoms with Gasteiger partial charge in [-0.2, -0.15) is 0 Å². The van der Waals surface area contributed by atoms with Crippen molar-refractivity contribution >= 4 is 17.0 Å². The normalized spacial score (nSPS) is 10.7. The first kappa shape index (κ1) is 11.2. The average molecular weight is 255 g/mol. The number of hydrogen-bond donors (Lipinski definition) is 3. The molecule has 0 atom stereocenters. The lowest BCUT2D eigenvalue weighted by Crippen LogP contribution is -1.96. The Morgan fingerprint density at radius 1 is 1.26 bits per heavy atom. The minimum Gasteiger partial charge on any atom is -0.507 e. The van der Waals surface area contributed by atoms with Gasteiger partial charge < -0.3 is 15.2 Å². The number of aromatic amines is 1. The van der Waals surface area contributed by atoms with Gasteiger partial charge in [0.05, 0.1) is 17.2 Å². The first-order valence-electron chi connectivity index (χ1n) is 5.51. The number of benzene rings is 1. The van der Waals surface area contributed by atoms with E-state index in [4.69, 9.17) is 5.11 Å². The zero-order valence-electron chi connectivity index (χ0n) is 9.66. The van der Waals surface area contributed by atoms with Gasteiger partial charge in [-0.3, -0.25) is 4.98 Å². The molecule has 0 spiro atoms. The molecule has 0 bridgehead atoms. The molecule has 0 saturated heterocycles. The highest BCUT2D eigenvalue weighted by Crippen LogP contribution is 2.26. The third-order valence-electron chi connectivity index (χ3n) is 2.78. The number of H-pyrrole nitrogens is 1. The van der Waals surface area contributed by atoms with Crippen LogP contribution in [0.25, 0.3) is 22.4 Å². The van der Waals surface area contributed by atoms with Crippen molar-refractivity contribution in [1.29, 1.82) is 0 Å². The van der Waals surface area contributed by atoms with Gasteiger partial charge in [-0.25, -0.2) is 9.78 Å². The molecule has 1 aromatic carbocycles. The fourth-order valence-electron chi connectivity index (χ4n) is 1.85. The Morgan fingerprint density at radius 2 is 2.11 bits per heavy atom. The number of nitrogens with one attached hydrogen (secondary N) is 1. The van der Waals surface area contributed by atoms with Crippen LogP contribution in [0.15, 0.2) is 36.7 Å². The molecule has 2 aromatic heterocycles. The van der Waals surface area contributed by atoms with E-state index < -0.39 is 5.97 Å². The minimum atomic E-state index is -1.17. The molecule has 0 aliphatic heterocycles. The summed E-state index contributed by atoms with van der Waals surface area (Å²) in [5.41, 5.74) is 2.01. The lowest BCUT2D eigenvalue weighted by atomic mass is 10.1. The molecule has 6 nitrogen and oxygen atoms in total. The molecule has 0 aliphatic rings. The summed E-state index contributed by atoms with van der Waals surface area (Å²) in [7, 11) is 0. The number of aromatic carboxylic acids is 1. The van der Waals surface area contributed by atoms with Crippen molar-refractivity contribution < 1.29 is 15.0 Å². The molecule has 0 radical (unpaired) electrons. The van der Waals surface area contributed by atoms with Crippen LogP contribution in [0.5, 0.6) is 5.75 Å². The van der Waals surface area contributed by atoms with Gasteiger partial charge in [-0.05, 0) is 18.2 Å². The topological polar surface area (TPSA) is 99.1 Å². The molecule has 0 saturated carbocycles. The van der Waals surface area contributed by atoms with Crippen LogP contribution in [0, 0.1) is 0 Å². The SMILES string of the molecule is O=C(O)c1ccc(-c2nc3ccncc3[nH]2)cc1O. The fraction of sp³-hybridized carbons (Fsp3) is 0. The second kappa shape index (κ2) is 4.09. The highest BCUT2D eigenvalue weighted by molar-refractivity contribution is 5.91. The smallest absolute Gasteiger partial charge is 0.339 e. The third-order valence-corrected chi connectivity index (χ3v) is 2.78. The molecular weight excluding hydrogens is 246 g/mol. The fourth-order valence-corrected chi connectivity index (χ4v) is 1.85. The number of phenols is 1. The first-order valence-corrected chi connectivity index (χ1v) is 5.51. The van der Waals surface area contributed by atoms with Gasteiger partial charge in [-0.15, -0.1) is 0 Å². The number of nitrogens with zero attached hydrogens (tertiary/aromatic N) is 2. The van der Waals surface area contributed by atoms with Crippen LogP contribution in [0.3, 0.4) is 0 Å². The van der Waals surface area contributed by atoms with Crippen LogP contribution >= 0.6 is 0 Å². The van der Waals surface area contributed by atoms with Gasteiger partial charge in [-0.1, -0.05) is 6.07 Å². The Kier molecular flexibility index (Phi) is 2.42. The molecule has 3 N–H and O–H groups in total. The molecule has 94 valence electrons.